The molecule has 0 saturated heterocycles. The van der Waals surface area contributed by atoms with E-state index in [9.17, 15) is 4.39 Å². The van der Waals surface area contributed by atoms with E-state index < -0.39 is 5.82 Å². The second-order valence-electron chi connectivity index (χ2n) is 5.26. The lowest BCUT2D eigenvalue weighted by atomic mass is 10.0. The van der Waals surface area contributed by atoms with Crippen LogP contribution in [0.25, 0.3) is 28.0 Å². The fourth-order valence-corrected chi connectivity index (χ4v) is 3.06. The van der Waals surface area contributed by atoms with Gasteiger partial charge in [-0.15, -0.1) is 0 Å². The Morgan fingerprint density at radius 2 is 1.79 bits per heavy atom. The number of rotatable bonds is 2. The average molecular weight is 358 g/mol. The van der Waals surface area contributed by atoms with E-state index in [0.29, 0.717) is 10.7 Å². The van der Waals surface area contributed by atoms with Crippen molar-refractivity contribution in [1.29, 1.82) is 0 Å². The van der Waals surface area contributed by atoms with Crippen molar-refractivity contribution in [2.24, 2.45) is 0 Å². The molecule has 0 radical (unpaired) electrons. The van der Waals surface area contributed by atoms with Gasteiger partial charge in [0.15, 0.2) is 0 Å². The highest BCUT2D eigenvalue weighted by atomic mass is 35.5. The molecule has 3 nitrogen and oxygen atoms in total. The van der Waals surface area contributed by atoms with Gasteiger partial charge in [-0.1, -0.05) is 29.3 Å². The molecule has 0 amide bonds. The molecule has 0 atom stereocenters. The Hall–Kier alpha value is -2.43. The Morgan fingerprint density at radius 3 is 2.62 bits per heavy atom. The number of halogens is 3. The highest BCUT2D eigenvalue weighted by molar-refractivity contribution is 6.33. The molecule has 0 unspecified atom stereocenters. The van der Waals surface area contributed by atoms with Gasteiger partial charge in [-0.3, -0.25) is 4.98 Å². The van der Waals surface area contributed by atoms with E-state index in [-0.39, 0.29) is 5.02 Å². The van der Waals surface area contributed by atoms with E-state index in [4.69, 9.17) is 23.2 Å². The lowest BCUT2D eigenvalue weighted by molar-refractivity contribution is 0.628. The predicted molar refractivity (Wildman–Crippen MR) is 93.8 cm³/mol. The van der Waals surface area contributed by atoms with Crippen LogP contribution in [-0.4, -0.2) is 14.4 Å². The molecular weight excluding hydrogens is 348 g/mol. The summed E-state index contributed by atoms with van der Waals surface area (Å²) in [5.41, 5.74) is 3.81. The van der Waals surface area contributed by atoms with Crippen LogP contribution in [-0.2, 0) is 0 Å². The van der Waals surface area contributed by atoms with Gasteiger partial charge in [0.2, 0.25) is 0 Å². The summed E-state index contributed by atoms with van der Waals surface area (Å²) in [6, 6.07) is 10.1. The molecule has 0 bridgehead atoms. The third-order valence-corrected chi connectivity index (χ3v) is 4.37. The van der Waals surface area contributed by atoms with Gasteiger partial charge in [0.25, 0.3) is 0 Å². The van der Waals surface area contributed by atoms with Crippen LogP contribution in [0.5, 0.6) is 0 Å². The van der Waals surface area contributed by atoms with Crippen LogP contribution in [0.2, 0.25) is 10.0 Å². The van der Waals surface area contributed by atoms with Gasteiger partial charge in [0.05, 0.1) is 15.7 Å². The molecule has 1 aromatic carbocycles. The van der Waals surface area contributed by atoms with Gasteiger partial charge in [-0.25, -0.2) is 9.37 Å². The quantitative estimate of drug-likeness (QED) is 0.473. The van der Waals surface area contributed by atoms with Crippen molar-refractivity contribution in [1.82, 2.24) is 14.4 Å². The molecule has 4 rings (SSSR count). The summed E-state index contributed by atoms with van der Waals surface area (Å²) in [5, 5.41) is 0.622. The minimum absolute atomic E-state index is 0.0558. The molecule has 0 aliphatic rings. The monoisotopic (exact) mass is 357 g/mol. The molecule has 6 heteroatoms. The van der Waals surface area contributed by atoms with Crippen LogP contribution in [0.15, 0.2) is 61.2 Å². The number of hydrogen-bond donors (Lipinski definition) is 0. The molecule has 0 N–H and O–H groups in total. The van der Waals surface area contributed by atoms with E-state index in [1.165, 1.54) is 6.07 Å². The molecule has 4 aromatic rings. The van der Waals surface area contributed by atoms with Crippen molar-refractivity contribution >= 4 is 28.8 Å². The second kappa shape index (κ2) is 5.89. The molecule has 0 fully saturated rings. The molecule has 0 saturated carbocycles. The third-order valence-electron chi connectivity index (χ3n) is 3.77. The molecule has 118 valence electrons. The van der Waals surface area contributed by atoms with Crippen LogP contribution >= 0.6 is 23.2 Å². The fraction of sp³-hybridized carbons (Fsp3) is 0. The summed E-state index contributed by atoms with van der Waals surface area (Å²) in [7, 11) is 0. The Balaban J connectivity index is 1.95. The van der Waals surface area contributed by atoms with Gasteiger partial charge in [0.1, 0.15) is 11.5 Å². The smallest absolute Gasteiger partial charge is 0.141 e. The lowest BCUT2D eigenvalue weighted by Gasteiger charge is -2.11. The number of benzene rings is 1. The Kier molecular flexibility index (Phi) is 3.71. The normalized spacial score (nSPS) is 11.1. The summed E-state index contributed by atoms with van der Waals surface area (Å²) in [6.45, 7) is 0. The first-order chi connectivity index (χ1) is 11.6. The maximum absolute atomic E-state index is 13.5. The molecule has 24 heavy (non-hydrogen) atoms. The van der Waals surface area contributed by atoms with E-state index >= 15 is 0 Å². The van der Waals surface area contributed by atoms with Crippen molar-refractivity contribution in [3.8, 4) is 22.4 Å². The fourth-order valence-electron chi connectivity index (χ4n) is 2.63. The first kappa shape index (κ1) is 15.1. The van der Waals surface area contributed by atoms with Crippen LogP contribution in [0.3, 0.4) is 0 Å². The maximum Gasteiger partial charge on any atom is 0.141 e. The minimum atomic E-state index is -0.462. The summed E-state index contributed by atoms with van der Waals surface area (Å²) < 4.78 is 15.3. The maximum atomic E-state index is 13.5. The molecule has 0 aliphatic heterocycles. The number of nitrogens with zero attached hydrogens (tertiary/aromatic N) is 3. The molecular formula is C18H10Cl2FN3. The van der Waals surface area contributed by atoms with Crippen molar-refractivity contribution in [3.05, 3.63) is 77.0 Å². The van der Waals surface area contributed by atoms with Gasteiger partial charge in [-0.2, -0.15) is 0 Å². The first-order valence-corrected chi connectivity index (χ1v) is 7.92. The summed E-state index contributed by atoms with van der Waals surface area (Å²) in [6.07, 6.45) is 7.13. The third kappa shape index (κ3) is 2.54. The SMILES string of the molecule is Fc1ccc(-c2ncccc2-c2cn3ccnc3cc2Cl)cc1Cl. The summed E-state index contributed by atoms with van der Waals surface area (Å²) >= 11 is 12.4. The largest absolute Gasteiger partial charge is 0.306 e. The van der Waals surface area contributed by atoms with Crippen LogP contribution in [0, 0.1) is 5.82 Å². The highest BCUT2D eigenvalue weighted by Gasteiger charge is 2.14. The number of hydrogen-bond acceptors (Lipinski definition) is 2. The number of pyridine rings is 2. The average Bonchev–Trinajstić information content (AvgIpc) is 3.04. The molecule has 0 spiro atoms. The van der Waals surface area contributed by atoms with E-state index in [0.717, 1.165) is 22.3 Å². The summed E-state index contributed by atoms with van der Waals surface area (Å²) in [5.74, 6) is -0.462. The van der Waals surface area contributed by atoms with Crippen molar-refractivity contribution in [2.45, 2.75) is 0 Å². The lowest BCUT2D eigenvalue weighted by Crippen LogP contribution is -1.93. The van der Waals surface area contributed by atoms with Crippen LogP contribution < -0.4 is 0 Å². The second-order valence-corrected chi connectivity index (χ2v) is 6.07. The highest BCUT2D eigenvalue weighted by Crippen LogP contribution is 2.36. The molecule has 0 aliphatic carbocycles. The minimum Gasteiger partial charge on any atom is -0.306 e. The first-order valence-electron chi connectivity index (χ1n) is 7.16. The van der Waals surface area contributed by atoms with E-state index in [2.05, 4.69) is 9.97 Å². The molecule has 3 aromatic heterocycles. The zero-order chi connectivity index (χ0) is 16.7. The Morgan fingerprint density at radius 1 is 0.917 bits per heavy atom. The van der Waals surface area contributed by atoms with E-state index in [1.807, 2.05) is 28.9 Å². The van der Waals surface area contributed by atoms with Crippen LogP contribution in [0.1, 0.15) is 0 Å². The van der Waals surface area contributed by atoms with Gasteiger partial charge < -0.3 is 4.40 Å². The zero-order valence-corrected chi connectivity index (χ0v) is 13.8. The number of aromatic nitrogens is 3. The van der Waals surface area contributed by atoms with Gasteiger partial charge >= 0.3 is 0 Å². The topological polar surface area (TPSA) is 30.2 Å². The Labute approximate surface area is 147 Å². The van der Waals surface area contributed by atoms with Crippen molar-refractivity contribution in [2.75, 3.05) is 0 Å². The summed E-state index contributed by atoms with van der Waals surface area (Å²) in [4.78, 5) is 8.66. The van der Waals surface area contributed by atoms with Crippen molar-refractivity contribution in [3.63, 3.8) is 0 Å². The number of imidazole rings is 1. The Bertz CT molecular complexity index is 1060. The standard InChI is InChI=1S/C18H10Cl2FN3/c19-14-9-17-22-6-7-24(17)10-13(14)12-2-1-5-23-18(12)11-3-4-16(21)15(20)8-11/h1-10H. The van der Waals surface area contributed by atoms with Gasteiger partial charge in [-0.05, 0) is 24.3 Å². The van der Waals surface area contributed by atoms with Crippen LogP contribution in [0.4, 0.5) is 4.39 Å². The zero-order valence-electron chi connectivity index (χ0n) is 12.2. The number of fused-ring (bicyclic) bond motifs is 1. The molecule has 3 heterocycles. The predicted octanol–water partition coefficient (Wildman–Crippen LogP) is 5.51. The van der Waals surface area contributed by atoms with Gasteiger partial charge in [0, 0.05) is 47.5 Å². The van der Waals surface area contributed by atoms with Crippen molar-refractivity contribution < 1.29 is 4.39 Å². The van der Waals surface area contributed by atoms with E-state index in [1.54, 1.807) is 30.6 Å².